The number of aliphatic hydroxyl groups is 3. The van der Waals surface area contributed by atoms with Crippen LogP contribution in [-0.4, -0.2) is 99.5 Å². The van der Waals surface area contributed by atoms with Crippen LogP contribution in [0.15, 0.2) is 102 Å². The van der Waals surface area contributed by atoms with Crippen molar-refractivity contribution >= 4 is 29.8 Å². The van der Waals surface area contributed by atoms with Crippen LogP contribution in [-0.2, 0) is 38.1 Å². The van der Waals surface area contributed by atoms with Crippen LogP contribution in [0.25, 0.3) is 0 Å². The van der Waals surface area contributed by atoms with E-state index in [4.69, 9.17) is 23.7 Å². The van der Waals surface area contributed by atoms with Crippen molar-refractivity contribution in [2.24, 2.45) is 16.7 Å². The van der Waals surface area contributed by atoms with Crippen molar-refractivity contribution in [3.8, 4) is 0 Å². The van der Waals surface area contributed by atoms with Gasteiger partial charge < -0.3 is 44.3 Å². The molecular weight excluding hydrogens is 787 g/mol. The molecule has 2 saturated carbocycles. The van der Waals surface area contributed by atoms with E-state index < -0.39 is 107 Å². The number of hydrogen-bond donors (Lipinski definition) is 4. The minimum Gasteiger partial charge on any atom is -0.458 e. The summed E-state index contributed by atoms with van der Waals surface area (Å²) in [6.45, 7) is 9.13. The number of benzene rings is 3. The highest BCUT2D eigenvalue weighted by Gasteiger charge is 2.76. The number of aliphatic hydroxyl groups excluding tert-OH is 2. The Morgan fingerprint density at radius 1 is 0.787 bits per heavy atom. The van der Waals surface area contributed by atoms with Crippen molar-refractivity contribution in [1.82, 2.24) is 5.32 Å². The zero-order chi connectivity index (χ0) is 44.1. The number of nitrogens with one attached hydrogen (secondary N) is 1. The lowest BCUT2D eigenvalue weighted by molar-refractivity contribution is -0.354. The van der Waals surface area contributed by atoms with Gasteiger partial charge in [0.15, 0.2) is 11.7 Å². The third kappa shape index (κ3) is 7.64. The van der Waals surface area contributed by atoms with E-state index in [1.807, 2.05) is 0 Å². The van der Waals surface area contributed by atoms with Crippen molar-refractivity contribution < 1.29 is 63.0 Å². The van der Waals surface area contributed by atoms with Gasteiger partial charge in [-0.3, -0.25) is 14.4 Å². The Morgan fingerprint density at radius 3 is 1.93 bits per heavy atom. The molecule has 1 heterocycles. The molecule has 3 aromatic rings. The Kier molecular flexibility index (Phi) is 11.8. The Hall–Kier alpha value is -5.41. The summed E-state index contributed by atoms with van der Waals surface area (Å²) in [7, 11) is 0. The number of carbonyl (C=O) groups is 5. The summed E-state index contributed by atoms with van der Waals surface area (Å²) in [6, 6.07) is 23.6. The summed E-state index contributed by atoms with van der Waals surface area (Å²) in [5.74, 6) is -5.04. The minimum absolute atomic E-state index is 0.0216. The molecule has 11 atom stereocenters. The number of amides is 1. The fraction of sp³-hybridized carbons (Fsp3) is 0.468. The van der Waals surface area contributed by atoms with Gasteiger partial charge in [-0.15, -0.1) is 0 Å². The molecule has 14 heteroatoms. The highest BCUT2D eigenvalue weighted by atomic mass is 16.6. The first kappa shape index (κ1) is 43.7. The molecule has 2 bridgehead atoms. The van der Waals surface area contributed by atoms with Crippen molar-refractivity contribution in [2.45, 2.75) is 115 Å². The van der Waals surface area contributed by atoms with Crippen LogP contribution >= 0.6 is 0 Å². The lowest BCUT2D eigenvalue weighted by Crippen LogP contribution is -2.80. The Morgan fingerprint density at radius 2 is 1.38 bits per heavy atom. The van der Waals surface area contributed by atoms with E-state index in [0.29, 0.717) is 22.3 Å². The molecule has 0 radical (unpaired) electrons. The molecule has 1 aliphatic heterocycles. The first-order valence-electron chi connectivity index (χ1n) is 20.5. The maximum absolute atomic E-state index is 14.3. The summed E-state index contributed by atoms with van der Waals surface area (Å²) in [4.78, 5) is 68.0. The summed E-state index contributed by atoms with van der Waals surface area (Å²) in [5, 5.41) is 40.4. The first-order valence-corrected chi connectivity index (χ1v) is 20.5. The summed E-state index contributed by atoms with van der Waals surface area (Å²) < 4.78 is 30.9. The fourth-order valence-electron chi connectivity index (χ4n) is 10.5. The molecule has 1 saturated heterocycles. The van der Waals surface area contributed by atoms with E-state index in [0.717, 1.165) is 0 Å². The minimum atomic E-state index is -2.22. The van der Waals surface area contributed by atoms with E-state index in [-0.39, 0.29) is 25.0 Å². The molecule has 4 aliphatic rings. The Bertz CT molecular complexity index is 2190. The zero-order valence-electron chi connectivity index (χ0n) is 35.0. The number of carbonyl (C=O) groups excluding carboxylic acids is 5. The van der Waals surface area contributed by atoms with Gasteiger partial charge >= 0.3 is 23.9 Å². The molecule has 0 aromatic heterocycles. The molecule has 14 nitrogen and oxygen atoms in total. The topological polar surface area (TPSA) is 204 Å². The third-order valence-corrected chi connectivity index (χ3v) is 13.6. The molecule has 4 N–H and O–H groups in total. The SMILES string of the molecule is CC(=O)O[C@H]1C[C@]2(C)[C@@H](O)C[C@H]3OC[C@@]3(OC(C)=O)[C@H]2[C@H](OC(=O)c2ccccc2)[C@]2(O)C[C@H](OC(=O)[C@H](O)[C@@H](NC(=O)c3ccccc3)c3ccccc3)C(C)=C1C2(C)C. The normalized spacial score (nSPS) is 32.1. The maximum atomic E-state index is 14.3. The molecule has 324 valence electrons. The smallest absolute Gasteiger partial charge is 0.338 e. The van der Waals surface area contributed by atoms with Crippen molar-refractivity contribution in [3.05, 3.63) is 119 Å². The fourth-order valence-corrected chi connectivity index (χ4v) is 10.5. The Labute approximate surface area is 354 Å². The second-order valence-electron chi connectivity index (χ2n) is 17.5. The monoisotopic (exact) mass is 839 g/mol. The predicted molar refractivity (Wildman–Crippen MR) is 217 cm³/mol. The summed E-state index contributed by atoms with van der Waals surface area (Å²) >= 11 is 0. The van der Waals surface area contributed by atoms with Gasteiger partial charge in [-0.1, -0.05) is 87.5 Å². The number of hydrogen-bond acceptors (Lipinski definition) is 13. The molecule has 7 rings (SSSR count). The average molecular weight is 840 g/mol. The van der Waals surface area contributed by atoms with Crippen LogP contribution in [0.4, 0.5) is 0 Å². The number of ether oxygens (including phenoxy) is 5. The van der Waals surface area contributed by atoms with Crippen molar-refractivity contribution in [1.29, 1.82) is 0 Å². The number of fused-ring (bicyclic) bond motifs is 5. The van der Waals surface area contributed by atoms with Crippen molar-refractivity contribution in [3.63, 3.8) is 0 Å². The Balaban J connectivity index is 1.36. The van der Waals surface area contributed by atoms with E-state index in [1.54, 1.807) is 119 Å². The standard InChI is InChI=1S/C47H53NO13/c1-26-32(59-43(55)38(52)37(29-16-10-7-11-17-29)48-41(53)30-18-12-8-13-19-30)24-47(56)40(60-42(54)31-20-14-9-15-21-31)39-45(6,23-33(58-27(2)49)36(26)44(47,4)5)34(51)22-35-46(39,25-57-35)61-28(3)50/h7-21,32-35,37-40,51-52,56H,22-25H2,1-6H3,(H,48,53)/t32-,33-,34-,35+,37-,38+,39-,40-,45+,46-,47+/m0/s1. The number of rotatable bonds is 10. The number of esters is 4. The van der Waals surface area contributed by atoms with Crippen LogP contribution in [0.5, 0.6) is 0 Å². The molecule has 3 aromatic carbocycles. The van der Waals surface area contributed by atoms with Crippen LogP contribution in [0.3, 0.4) is 0 Å². The molecular formula is C47H53NO13. The summed E-state index contributed by atoms with van der Waals surface area (Å²) in [6.07, 6.45) is -8.58. The third-order valence-electron chi connectivity index (χ3n) is 13.6. The molecule has 0 unspecified atom stereocenters. The van der Waals surface area contributed by atoms with Gasteiger partial charge in [-0.25, -0.2) is 9.59 Å². The highest BCUT2D eigenvalue weighted by Crippen LogP contribution is 2.65. The van der Waals surface area contributed by atoms with E-state index >= 15 is 0 Å². The van der Waals surface area contributed by atoms with Gasteiger partial charge in [-0.2, -0.15) is 0 Å². The van der Waals surface area contributed by atoms with Gasteiger partial charge in [0, 0.05) is 43.1 Å². The zero-order valence-corrected chi connectivity index (χ0v) is 35.0. The first-order chi connectivity index (χ1) is 28.8. The van der Waals surface area contributed by atoms with E-state index in [2.05, 4.69) is 5.32 Å². The van der Waals surface area contributed by atoms with Crippen LogP contribution in [0.1, 0.15) is 93.1 Å². The summed E-state index contributed by atoms with van der Waals surface area (Å²) in [5.41, 5.74) is -4.95. The van der Waals surface area contributed by atoms with Gasteiger partial charge in [0.25, 0.3) is 5.91 Å². The molecule has 3 aliphatic carbocycles. The largest absolute Gasteiger partial charge is 0.458 e. The quantitative estimate of drug-likeness (QED) is 0.126. The molecule has 3 fully saturated rings. The van der Waals surface area contributed by atoms with Gasteiger partial charge in [-0.05, 0) is 54.3 Å². The van der Waals surface area contributed by atoms with Gasteiger partial charge in [0.1, 0.15) is 30.0 Å². The molecule has 1 amide bonds. The van der Waals surface area contributed by atoms with Crippen LogP contribution < -0.4 is 5.32 Å². The second kappa shape index (κ2) is 16.5. The second-order valence-corrected chi connectivity index (χ2v) is 17.5. The lowest BCUT2D eigenvalue weighted by atomic mass is 9.45. The van der Waals surface area contributed by atoms with E-state index in [1.165, 1.54) is 13.8 Å². The maximum Gasteiger partial charge on any atom is 0.338 e. The highest BCUT2D eigenvalue weighted by molar-refractivity contribution is 5.95. The predicted octanol–water partition coefficient (Wildman–Crippen LogP) is 4.56. The molecule has 61 heavy (non-hydrogen) atoms. The average Bonchev–Trinajstić information content (AvgIpc) is 3.22. The molecule has 0 spiro atoms. The van der Waals surface area contributed by atoms with Crippen molar-refractivity contribution in [2.75, 3.05) is 6.61 Å². The van der Waals surface area contributed by atoms with Gasteiger partial charge in [0.05, 0.1) is 30.2 Å². The van der Waals surface area contributed by atoms with Crippen LogP contribution in [0.2, 0.25) is 0 Å². The van der Waals surface area contributed by atoms with E-state index in [9.17, 15) is 39.3 Å². The van der Waals surface area contributed by atoms with Gasteiger partial charge in [0.2, 0.25) is 0 Å². The van der Waals surface area contributed by atoms with Crippen LogP contribution in [0, 0.1) is 16.7 Å². The lowest BCUT2D eigenvalue weighted by Gasteiger charge is -2.68.